The number of carbonyl (C=O) groups excluding carboxylic acids is 2. The summed E-state index contributed by atoms with van der Waals surface area (Å²) >= 11 is 0. The molecule has 0 bridgehead atoms. The molecule has 3 atom stereocenters. The first-order chi connectivity index (χ1) is 10.9. The Kier molecular flexibility index (Phi) is 3.62. The molecule has 3 rings (SSSR count). The molecule has 124 valence electrons. The van der Waals surface area contributed by atoms with E-state index in [9.17, 15) is 14.7 Å². The van der Waals surface area contributed by atoms with Crippen LogP contribution in [0.25, 0.3) is 0 Å². The van der Waals surface area contributed by atoms with Gasteiger partial charge in [-0.15, -0.1) is 0 Å². The van der Waals surface area contributed by atoms with Gasteiger partial charge in [0.2, 0.25) is 11.4 Å². The fourth-order valence-electron chi connectivity index (χ4n) is 3.07. The lowest BCUT2D eigenvalue weighted by atomic mass is 9.60. The van der Waals surface area contributed by atoms with E-state index in [0.717, 1.165) is 18.9 Å². The Hall–Kier alpha value is -2.03. The zero-order valence-corrected chi connectivity index (χ0v) is 12.7. The molecule has 5 N–H and O–H groups in total. The second-order valence-electron chi connectivity index (χ2n) is 5.96. The Morgan fingerprint density at radius 2 is 2.26 bits per heavy atom. The first kappa shape index (κ1) is 15.9. The van der Waals surface area contributed by atoms with Gasteiger partial charge in [-0.1, -0.05) is 19.4 Å². The molecule has 8 heteroatoms. The average Bonchev–Trinajstić information content (AvgIpc) is 2.94. The summed E-state index contributed by atoms with van der Waals surface area (Å²) in [5, 5.41) is 14.6. The van der Waals surface area contributed by atoms with Gasteiger partial charge in [-0.25, -0.2) is 0 Å². The molecule has 8 nitrogen and oxygen atoms in total. The van der Waals surface area contributed by atoms with Gasteiger partial charge in [0.25, 0.3) is 5.88 Å². The minimum atomic E-state index is -2.44. The summed E-state index contributed by atoms with van der Waals surface area (Å²) in [6, 6.07) is -1.06. The highest BCUT2D eigenvalue weighted by Gasteiger charge is 2.67. The lowest BCUT2D eigenvalue weighted by Crippen LogP contribution is -2.75. The Balaban J connectivity index is 2.09. The lowest BCUT2D eigenvalue weighted by molar-refractivity contribution is -0.136. The zero-order valence-electron chi connectivity index (χ0n) is 12.7. The van der Waals surface area contributed by atoms with Crippen molar-refractivity contribution in [3.05, 3.63) is 23.5 Å². The summed E-state index contributed by atoms with van der Waals surface area (Å²) in [5.41, 5.74) is 8.06. The number of nitrogens with zero attached hydrogens (tertiary/aromatic N) is 1. The molecule has 2 aliphatic carbocycles. The van der Waals surface area contributed by atoms with Gasteiger partial charge in [-0.2, -0.15) is 0 Å². The highest BCUT2D eigenvalue weighted by Crippen LogP contribution is 2.47. The van der Waals surface area contributed by atoms with Crippen LogP contribution in [0.3, 0.4) is 0 Å². The summed E-state index contributed by atoms with van der Waals surface area (Å²) in [4.78, 5) is 25.1. The van der Waals surface area contributed by atoms with Crippen LogP contribution in [-0.2, 0) is 4.79 Å². The van der Waals surface area contributed by atoms with Crippen LogP contribution in [0.1, 0.15) is 48.3 Å². The van der Waals surface area contributed by atoms with Crippen LogP contribution in [0, 0.1) is 0 Å². The molecule has 0 unspecified atom stereocenters. The molecule has 0 fully saturated rings. The number of rotatable bonds is 4. The van der Waals surface area contributed by atoms with E-state index in [1.165, 1.54) is 6.08 Å². The van der Waals surface area contributed by atoms with Crippen molar-refractivity contribution in [1.82, 2.24) is 5.16 Å². The number of aliphatic hydroxyl groups is 1. The molecule has 2 aliphatic rings. The van der Waals surface area contributed by atoms with Gasteiger partial charge in [0, 0.05) is 0 Å². The standard InChI is InChI=1S/C15H19N3O5/c1-2-3-7-22-13-9-10(23-18-13)11(16)14(17)6-4-5-8(19)15(14,21)12(9)20/h4-5,11,21H,2-3,6-7,16-17H2,1H3/t11-,14-,15+/m1/s1. The molecule has 0 aliphatic heterocycles. The quantitative estimate of drug-likeness (QED) is 0.520. The van der Waals surface area contributed by atoms with E-state index in [-0.39, 0.29) is 23.6 Å². The number of ketones is 2. The monoisotopic (exact) mass is 321 g/mol. The van der Waals surface area contributed by atoms with Crippen LogP contribution >= 0.6 is 0 Å². The Morgan fingerprint density at radius 1 is 1.52 bits per heavy atom. The van der Waals surface area contributed by atoms with Gasteiger partial charge in [0.1, 0.15) is 5.56 Å². The van der Waals surface area contributed by atoms with E-state index in [4.69, 9.17) is 20.7 Å². The number of carbonyl (C=O) groups is 2. The van der Waals surface area contributed by atoms with Crippen molar-refractivity contribution >= 4 is 11.6 Å². The maximum Gasteiger partial charge on any atom is 0.265 e. The largest absolute Gasteiger partial charge is 0.475 e. The van der Waals surface area contributed by atoms with Gasteiger partial charge in [-0.3, -0.25) is 9.59 Å². The maximum absolute atomic E-state index is 12.8. The minimum Gasteiger partial charge on any atom is -0.475 e. The average molecular weight is 321 g/mol. The van der Waals surface area contributed by atoms with Gasteiger partial charge in [0.05, 0.1) is 18.2 Å². The van der Waals surface area contributed by atoms with Crippen molar-refractivity contribution < 1.29 is 24.0 Å². The van der Waals surface area contributed by atoms with Crippen LogP contribution in [0.15, 0.2) is 16.7 Å². The van der Waals surface area contributed by atoms with Crippen LogP contribution in [-0.4, -0.2) is 39.6 Å². The molecule has 0 radical (unpaired) electrons. The van der Waals surface area contributed by atoms with Crippen molar-refractivity contribution in [2.45, 2.75) is 43.4 Å². The van der Waals surface area contributed by atoms with Crippen molar-refractivity contribution in [3.8, 4) is 5.88 Å². The zero-order chi connectivity index (χ0) is 16.8. The molecule has 0 amide bonds. The van der Waals surface area contributed by atoms with Crippen LogP contribution in [0.5, 0.6) is 5.88 Å². The van der Waals surface area contributed by atoms with E-state index in [0.29, 0.717) is 6.61 Å². The second-order valence-corrected chi connectivity index (χ2v) is 5.96. The number of hydrogen-bond acceptors (Lipinski definition) is 8. The molecule has 0 saturated heterocycles. The molecule has 23 heavy (non-hydrogen) atoms. The lowest BCUT2D eigenvalue weighted by Gasteiger charge is -2.48. The number of aromatic nitrogens is 1. The van der Waals surface area contributed by atoms with E-state index < -0.39 is 28.7 Å². The first-order valence-corrected chi connectivity index (χ1v) is 7.53. The van der Waals surface area contributed by atoms with E-state index in [2.05, 4.69) is 5.16 Å². The summed E-state index contributed by atoms with van der Waals surface area (Å²) in [7, 11) is 0. The van der Waals surface area contributed by atoms with E-state index >= 15 is 0 Å². The molecular formula is C15H19N3O5. The Morgan fingerprint density at radius 3 is 2.96 bits per heavy atom. The number of fused-ring (bicyclic) bond motifs is 2. The third-order valence-electron chi connectivity index (χ3n) is 4.57. The van der Waals surface area contributed by atoms with Gasteiger partial charge in [-0.05, 0) is 24.1 Å². The molecular weight excluding hydrogens is 302 g/mol. The van der Waals surface area contributed by atoms with Gasteiger partial charge < -0.3 is 25.8 Å². The van der Waals surface area contributed by atoms with E-state index in [1.807, 2.05) is 6.92 Å². The minimum absolute atomic E-state index is 0.0387. The fourth-order valence-corrected chi connectivity index (χ4v) is 3.07. The number of nitrogens with two attached hydrogens (primary N) is 2. The van der Waals surface area contributed by atoms with Crippen molar-refractivity contribution in [3.63, 3.8) is 0 Å². The van der Waals surface area contributed by atoms with Gasteiger partial charge in [0.15, 0.2) is 11.5 Å². The highest BCUT2D eigenvalue weighted by atomic mass is 16.5. The Bertz CT molecular complexity index is 697. The first-order valence-electron chi connectivity index (χ1n) is 7.53. The van der Waals surface area contributed by atoms with Crippen LogP contribution < -0.4 is 16.2 Å². The molecule has 0 spiro atoms. The molecule has 0 aromatic carbocycles. The van der Waals surface area contributed by atoms with Crippen LogP contribution in [0.2, 0.25) is 0 Å². The molecule has 0 saturated carbocycles. The SMILES string of the molecule is CCCCOc1noc2c1C(=O)[C@@]1(O)C(=O)C=CC[C@@]1(N)[C@@H]2N. The second kappa shape index (κ2) is 5.26. The normalized spacial score (nSPS) is 32.6. The molecule has 1 heterocycles. The number of Topliss-reactive ketones (excluding diaryl/α,β-unsaturated/α-hetero) is 1. The van der Waals surface area contributed by atoms with Crippen molar-refractivity contribution in [2.24, 2.45) is 11.5 Å². The summed E-state index contributed by atoms with van der Waals surface area (Å²) in [6.45, 7) is 2.32. The summed E-state index contributed by atoms with van der Waals surface area (Å²) < 4.78 is 10.6. The topological polar surface area (TPSA) is 142 Å². The molecule has 1 aromatic heterocycles. The highest BCUT2D eigenvalue weighted by molar-refractivity contribution is 6.24. The van der Waals surface area contributed by atoms with Crippen molar-refractivity contribution in [1.29, 1.82) is 0 Å². The summed E-state index contributed by atoms with van der Waals surface area (Å²) in [6.07, 6.45) is 4.35. The van der Waals surface area contributed by atoms with Crippen LogP contribution in [0.4, 0.5) is 0 Å². The number of unbranched alkanes of at least 4 members (excludes halogenated alkanes) is 1. The third-order valence-corrected chi connectivity index (χ3v) is 4.57. The van der Waals surface area contributed by atoms with Crippen molar-refractivity contribution in [2.75, 3.05) is 6.61 Å². The third kappa shape index (κ3) is 1.92. The van der Waals surface area contributed by atoms with E-state index in [1.54, 1.807) is 0 Å². The predicted molar refractivity (Wildman–Crippen MR) is 78.8 cm³/mol. The Labute approximate surface area is 132 Å². The predicted octanol–water partition coefficient (Wildman–Crippen LogP) is 0.00720. The maximum atomic E-state index is 12.8. The fraction of sp³-hybridized carbons (Fsp3) is 0.533. The number of ether oxygens (including phenoxy) is 1. The smallest absolute Gasteiger partial charge is 0.265 e. The number of hydrogen-bond donors (Lipinski definition) is 3. The summed E-state index contributed by atoms with van der Waals surface area (Å²) in [5.74, 6) is -1.69. The van der Waals surface area contributed by atoms with Gasteiger partial charge >= 0.3 is 0 Å². The molecule has 1 aromatic rings.